The molecule has 102 valence electrons. The van der Waals surface area contributed by atoms with E-state index in [4.69, 9.17) is 23.2 Å². The molecule has 2 aromatic rings. The Balaban J connectivity index is 2.35. The van der Waals surface area contributed by atoms with E-state index < -0.39 is 0 Å². The maximum Gasteiger partial charge on any atom is 0.147 e. The van der Waals surface area contributed by atoms with Crippen LogP contribution in [0.15, 0.2) is 18.2 Å². The van der Waals surface area contributed by atoms with Crippen LogP contribution in [0, 0.1) is 5.82 Å². The molecule has 0 atom stereocenters. The summed E-state index contributed by atoms with van der Waals surface area (Å²) in [6, 6.07) is 4.65. The lowest BCUT2D eigenvalue weighted by Crippen LogP contribution is -2.08. The van der Waals surface area contributed by atoms with Crippen LogP contribution in [0.4, 0.5) is 4.39 Å². The molecule has 0 unspecified atom stereocenters. The molecule has 0 fully saturated rings. The second kappa shape index (κ2) is 6.35. The van der Waals surface area contributed by atoms with Crippen molar-refractivity contribution in [3.63, 3.8) is 0 Å². The van der Waals surface area contributed by atoms with Crippen molar-refractivity contribution in [2.75, 3.05) is 0 Å². The van der Waals surface area contributed by atoms with Crippen molar-refractivity contribution in [3.8, 4) is 0 Å². The Hall–Kier alpha value is -1.13. The van der Waals surface area contributed by atoms with Gasteiger partial charge >= 0.3 is 0 Å². The Morgan fingerprint density at radius 2 is 2.00 bits per heavy atom. The molecule has 0 radical (unpaired) electrons. The summed E-state index contributed by atoms with van der Waals surface area (Å²) in [6.07, 6.45) is 1.25. The molecule has 0 aliphatic carbocycles. The summed E-state index contributed by atoms with van der Waals surface area (Å²) in [5.41, 5.74) is 0.440. The maximum atomic E-state index is 13.8. The number of alkyl halides is 1. The van der Waals surface area contributed by atoms with Crippen molar-refractivity contribution in [2.45, 2.75) is 32.2 Å². The summed E-state index contributed by atoms with van der Waals surface area (Å²) in [5, 5.41) is 8.51. The maximum absolute atomic E-state index is 13.8. The molecule has 0 saturated carbocycles. The van der Waals surface area contributed by atoms with Gasteiger partial charge in [0.15, 0.2) is 0 Å². The standard InChI is InChI=1S/C13H14Cl2FN3/c1-2-6-19-12(17-18-13(19)8-14)7-9-10(15)4-3-5-11(9)16/h3-5H,2,6-8H2,1H3. The van der Waals surface area contributed by atoms with Crippen LogP contribution in [0.5, 0.6) is 0 Å². The molecule has 0 amide bonds. The number of nitrogens with zero attached hydrogens (tertiary/aromatic N) is 3. The van der Waals surface area contributed by atoms with Crippen molar-refractivity contribution in [3.05, 3.63) is 46.3 Å². The third-order valence-corrected chi connectivity index (χ3v) is 3.46. The van der Waals surface area contributed by atoms with Gasteiger partial charge in [0.05, 0.1) is 5.88 Å². The molecule has 0 bridgehead atoms. The molecule has 6 heteroatoms. The monoisotopic (exact) mass is 301 g/mol. The van der Waals surface area contributed by atoms with Gasteiger partial charge in [-0.1, -0.05) is 24.6 Å². The van der Waals surface area contributed by atoms with Crippen molar-refractivity contribution in [1.82, 2.24) is 14.8 Å². The molecule has 0 aliphatic rings. The Morgan fingerprint density at radius 1 is 1.26 bits per heavy atom. The first-order valence-electron chi connectivity index (χ1n) is 6.07. The molecule has 3 nitrogen and oxygen atoms in total. The van der Waals surface area contributed by atoms with Gasteiger partial charge in [0, 0.05) is 23.6 Å². The Labute approximate surface area is 121 Å². The van der Waals surface area contributed by atoms with Crippen molar-refractivity contribution in [1.29, 1.82) is 0 Å². The minimum Gasteiger partial charge on any atom is -0.314 e. The summed E-state index contributed by atoms with van der Waals surface area (Å²) in [5.74, 6) is 1.35. The average molecular weight is 302 g/mol. The topological polar surface area (TPSA) is 30.7 Å². The van der Waals surface area contributed by atoms with Crippen LogP contribution >= 0.6 is 23.2 Å². The van der Waals surface area contributed by atoms with E-state index in [0.29, 0.717) is 28.7 Å². The first-order chi connectivity index (χ1) is 9.17. The van der Waals surface area contributed by atoms with E-state index in [2.05, 4.69) is 17.1 Å². The molecule has 0 saturated heterocycles. The Kier molecular flexibility index (Phi) is 4.77. The van der Waals surface area contributed by atoms with Gasteiger partial charge in [0.2, 0.25) is 0 Å². The zero-order valence-electron chi connectivity index (χ0n) is 10.5. The van der Waals surface area contributed by atoms with Gasteiger partial charge in [-0.2, -0.15) is 0 Å². The van der Waals surface area contributed by atoms with Crippen LogP contribution in [-0.4, -0.2) is 14.8 Å². The average Bonchev–Trinajstić information content (AvgIpc) is 2.77. The molecule has 1 aromatic heterocycles. The second-order valence-electron chi connectivity index (χ2n) is 4.19. The predicted molar refractivity (Wildman–Crippen MR) is 74.1 cm³/mol. The molecular formula is C13H14Cl2FN3. The minimum absolute atomic E-state index is 0.290. The molecule has 0 N–H and O–H groups in total. The Bertz CT molecular complexity index is 549. The summed E-state index contributed by atoms with van der Waals surface area (Å²) in [6.45, 7) is 2.81. The van der Waals surface area contributed by atoms with E-state index in [1.807, 2.05) is 4.57 Å². The van der Waals surface area contributed by atoms with E-state index in [9.17, 15) is 4.39 Å². The van der Waals surface area contributed by atoms with Crippen molar-refractivity contribution >= 4 is 23.2 Å². The molecular weight excluding hydrogens is 288 g/mol. The fourth-order valence-corrected chi connectivity index (χ4v) is 2.37. The first-order valence-corrected chi connectivity index (χ1v) is 6.98. The number of rotatable bonds is 5. The number of aromatic nitrogens is 3. The van der Waals surface area contributed by atoms with Gasteiger partial charge in [-0.15, -0.1) is 21.8 Å². The summed E-state index contributed by atoms with van der Waals surface area (Å²) in [7, 11) is 0. The zero-order valence-corrected chi connectivity index (χ0v) is 12.0. The quantitative estimate of drug-likeness (QED) is 0.786. The van der Waals surface area contributed by atoms with Gasteiger partial charge in [0.25, 0.3) is 0 Å². The van der Waals surface area contributed by atoms with Crippen LogP contribution < -0.4 is 0 Å². The van der Waals surface area contributed by atoms with Crippen LogP contribution in [0.2, 0.25) is 5.02 Å². The van der Waals surface area contributed by atoms with E-state index in [-0.39, 0.29) is 11.7 Å². The highest BCUT2D eigenvalue weighted by Gasteiger charge is 2.15. The van der Waals surface area contributed by atoms with Crippen molar-refractivity contribution in [2.24, 2.45) is 0 Å². The minimum atomic E-state index is -0.328. The second-order valence-corrected chi connectivity index (χ2v) is 4.87. The normalized spacial score (nSPS) is 10.9. The summed E-state index contributed by atoms with van der Waals surface area (Å²) in [4.78, 5) is 0. The van der Waals surface area contributed by atoms with Crippen molar-refractivity contribution < 1.29 is 4.39 Å². The predicted octanol–water partition coefficient (Wildman–Crippen LogP) is 3.81. The highest BCUT2D eigenvalue weighted by Crippen LogP contribution is 2.22. The first kappa shape index (κ1) is 14.3. The molecule has 2 rings (SSSR count). The lowest BCUT2D eigenvalue weighted by molar-refractivity contribution is 0.598. The van der Waals surface area contributed by atoms with Gasteiger partial charge < -0.3 is 4.57 Å². The highest BCUT2D eigenvalue weighted by atomic mass is 35.5. The van der Waals surface area contributed by atoms with Gasteiger partial charge in [-0.3, -0.25) is 0 Å². The van der Waals surface area contributed by atoms with Crippen LogP contribution in [0.25, 0.3) is 0 Å². The van der Waals surface area contributed by atoms with Crippen LogP contribution in [0.1, 0.15) is 30.6 Å². The number of hydrogen-bond donors (Lipinski definition) is 0. The fraction of sp³-hybridized carbons (Fsp3) is 0.385. The molecule has 0 aliphatic heterocycles. The van der Waals surface area contributed by atoms with E-state index >= 15 is 0 Å². The molecule has 0 spiro atoms. The third kappa shape index (κ3) is 3.07. The zero-order chi connectivity index (χ0) is 13.8. The van der Waals surface area contributed by atoms with Gasteiger partial charge in [0.1, 0.15) is 17.5 Å². The lowest BCUT2D eigenvalue weighted by atomic mass is 10.1. The van der Waals surface area contributed by atoms with Gasteiger partial charge in [-0.05, 0) is 18.6 Å². The Morgan fingerprint density at radius 3 is 2.63 bits per heavy atom. The molecule has 1 heterocycles. The number of benzene rings is 1. The van der Waals surface area contributed by atoms with Crippen LogP contribution in [-0.2, 0) is 18.8 Å². The van der Waals surface area contributed by atoms with E-state index in [1.54, 1.807) is 12.1 Å². The fourth-order valence-electron chi connectivity index (χ4n) is 1.94. The highest BCUT2D eigenvalue weighted by molar-refractivity contribution is 6.31. The summed E-state index contributed by atoms with van der Waals surface area (Å²) < 4.78 is 15.7. The SMILES string of the molecule is CCCn1c(CCl)nnc1Cc1c(F)cccc1Cl. The molecule has 19 heavy (non-hydrogen) atoms. The lowest BCUT2D eigenvalue weighted by Gasteiger charge is -2.09. The van der Waals surface area contributed by atoms with E-state index in [0.717, 1.165) is 13.0 Å². The number of hydrogen-bond acceptors (Lipinski definition) is 2. The number of halogens is 3. The van der Waals surface area contributed by atoms with Gasteiger partial charge in [-0.25, -0.2) is 4.39 Å². The van der Waals surface area contributed by atoms with Crippen LogP contribution in [0.3, 0.4) is 0 Å². The largest absolute Gasteiger partial charge is 0.314 e. The molecule has 1 aromatic carbocycles. The smallest absolute Gasteiger partial charge is 0.147 e. The third-order valence-electron chi connectivity index (χ3n) is 2.87. The van der Waals surface area contributed by atoms with E-state index in [1.165, 1.54) is 6.07 Å². The summed E-state index contributed by atoms with van der Waals surface area (Å²) >= 11 is 11.8.